The van der Waals surface area contributed by atoms with Gasteiger partial charge in [0.15, 0.2) is 46.4 Å². The molecule has 0 saturated heterocycles. The van der Waals surface area contributed by atoms with Gasteiger partial charge in [0.05, 0.1) is 31.6 Å². The van der Waals surface area contributed by atoms with Gasteiger partial charge in [0, 0.05) is 39.1 Å². The molecule has 0 aliphatic heterocycles. The van der Waals surface area contributed by atoms with Gasteiger partial charge in [-0.05, 0) is 94.4 Å². The number of hydrogen-bond acceptors (Lipinski definition) is 6. The second-order valence-electron chi connectivity index (χ2n) is 11.7. The maximum absolute atomic E-state index is 13.8. The average molecular weight is 678 g/mol. The molecule has 9 rings (SSSR count). The molecule has 0 atom stereocenters. The molecule has 0 saturated carbocycles. The van der Waals surface area contributed by atoms with Crippen LogP contribution in [-0.4, -0.2) is 27.7 Å². The number of aromatic nitrogens is 1. The van der Waals surface area contributed by atoms with Crippen molar-refractivity contribution in [3.63, 3.8) is 0 Å². The molecule has 7 aromatic rings. The van der Waals surface area contributed by atoms with Crippen molar-refractivity contribution < 1.29 is 36.7 Å². The lowest BCUT2D eigenvalue weighted by atomic mass is 10.0. The van der Waals surface area contributed by atoms with Gasteiger partial charge in [-0.25, -0.2) is 17.6 Å². The van der Waals surface area contributed by atoms with E-state index in [0.29, 0.717) is 31.3 Å². The topological polar surface area (TPSA) is 73.2 Å². The molecule has 0 radical (unpaired) electrons. The molecular weight excluding hydrogens is 663 g/mol. The van der Waals surface area contributed by atoms with Gasteiger partial charge < -0.3 is 4.57 Å². The summed E-state index contributed by atoms with van der Waals surface area (Å²) in [7, 11) is 1.86. The summed E-state index contributed by atoms with van der Waals surface area (Å²) in [4.78, 5) is 54.5. The molecule has 11 heteroatoms. The predicted molar refractivity (Wildman–Crippen MR) is 177 cm³/mol. The second kappa shape index (κ2) is 9.75. The summed E-state index contributed by atoms with van der Waals surface area (Å²) in [5.74, 6) is -6.17. The van der Waals surface area contributed by atoms with Crippen molar-refractivity contribution in [2.45, 2.75) is 0 Å². The number of halogens is 4. The highest BCUT2D eigenvalue weighted by Gasteiger charge is 2.35. The van der Waals surface area contributed by atoms with Crippen molar-refractivity contribution in [2.24, 2.45) is 7.05 Å². The molecule has 0 fully saturated rings. The Kier molecular flexibility index (Phi) is 5.83. The number of rotatable bonds is 2. The highest BCUT2D eigenvalue weighted by molar-refractivity contribution is 7.28. The van der Waals surface area contributed by atoms with Crippen molar-refractivity contribution in [1.29, 1.82) is 0 Å². The van der Waals surface area contributed by atoms with E-state index in [2.05, 4.69) is 0 Å². The van der Waals surface area contributed by atoms with E-state index in [-0.39, 0.29) is 33.4 Å². The highest BCUT2D eigenvalue weighted by atomic mass is 32.1. The van der Waals surface area contributed by atoms with Crippen LogP contribution >= 0.6 is 22.7 Å². The number of thiophene rings is 2. The Balaban J connectivity index is 1.08. The third-order valence-electron chi connectivity index (χ3n) is 8.95. The van der Waals surface area contributed by atoms with E-state index in [1.165, 1.54) is 59.1 Å². The zero-order valence-corrected chi connectivity index (χ0v) is 26.0. The predicted octanol–water partition coefficient (Wildman–Crippen LogP) is 9.24. The zero-order chi connectivity index (χ0) is 33.3. The van der Waals surface area contributed by atoms with Crippen molar-refractivity contribution in [3.05, 3.63) is 127 Å². The second-order valence-corrected chi connectivity index (χ2v) is 13.9. The van der Waals surface area contributed by atoms with Crippen LogP contribution in [0.5, 0.6) is 0 Å². The van der Waals surface area contributed by atoms with Crippen LogP contribution < -0.4 is 0 Å². The monoisotopic (exact) mass is 677 g/mol. The standard InChI is InChI=1S/C37H15F4NO4S2/c1-42-30-12-18(10-24-32(43)20-2-14-6-26(38)27(39)7-15(14)3-21(20)33(24)44)47-36(30)37-31(42)13-19(48-37)11-25-34(45)22-4-16-8-28(40)29(41)9-17(16)5-23(22)35(25)46/h2-13H,1H3. The molecule has 0 unspecified atom stereocenters. The zero-order valence-electron chi connectivity index (χ0n) is 24.3. The largest absolute Gasteiger partial charge is 0.342 e. The summed E-state index contributed by atoms with van der Waals surface area (Å²) >= 11 is 2.74. The minimum absolute atomic E-state index is 0.0448. The van der Waals surface area contributed by atoms with Crippen LogP contribution in [0.4, 0.5) is 17.6 Å². The van der Waals surface area contributed by atoms with Crippen molar-refractivity contribution in [1.82, 2.24) is 4.57 Å². The Morgan fingerprint density at radius 2 is 0.771 bits per heavy atom. The van der Waals surface area contributed by atoms with Crippen LogP contribution in [0.25, 0.3) is 54.1 Å². The molecule has 2 aliphatic rings. The van der Waals surface area contributed by atoms with Crippen molar-refractivity contribution in [3.8, 4) is 0 Å². The number of carbonyl (C=O) groups excluding carboxylic acids is 4. The van der Waals surface area contributed by atoms with E-state index in [9.17, 15) is 36.7 Å². The van der Waals surface area contributed by atoms with Crippen LogP contribution in [0.2, 0.25) is 0 Å². The molecule has 48 heavy (non-hydrogen) atoms. The van der Waals surface area contributed by atoms with Gasteiger partial charge in [0.2, 0.25) is 0 Å². The molecule has 232 valence electrons. The fraction of sp³-hybridized carbons (Fsp3) is 0.0270. The first kappa shape index (κ1) is 28.7. The highest BCUT2D eigenvalue weighted by Crippen LogP contribution is 2.42. The van der Waals surface area contributed by atoms with E-state index < -0.39 is 46.4 Å². The molecule has 4 aromatic carbocycles. The summed E-state index contributed by atoms with van der Waals surface area (Å²) < 4.78 is 59.0. The van der Waals surface area contributed by atoms with Gasteiger partial charge in [0.25, 0.3) is 0 Å². The maximum atomic E-state index is 13.8. The Hall–Kier alpha value is -5.52. The lowest BCUT2D eigenvalue weighted by molar-refractivity contribution is 0.0975. The normalized spacial score (nSPS) is 14.4. The van der Waals surface area contributed by atoms with E-state index >= 15 is 0 Å². The molecule has 3 aromatic heterocycles. The van der Waals surface area contributed by atoms with E-state index in [0.717, 1.165) is 44.7 Å². The fourth-order valence-corrected chi connectivity index (χ4v) is 8.98. The Morgan fingerprint density at radius 3 is 1.06 bits per heavy atom. The number of benzene rings is 4. The van der Waals surface area contributed by atoms with Crippen LogP contribution in [0.1, 0.15) is 51.2 Å². The Labute approximate surface area is 274 Å². The van der Waals surface area contributed by atoms with Gasteiger partial charge in [0.1, 0.15) is 0 Å². The maximum Gasteiger partial charge on any atom is 0.197 e. The minimum atomic E-state index is -1.05. The SMILES string of the molecule is Cn1c2cc(C=C3C(=O)c4cc5cc(F)c(F)cc5cc4C3=O)sc2c2sc(C=C3C(=O)c4cc5cc(F)c(F)cc5cc4C3=O)cc21. The number of carbonyl (C=O) groups is 4. The first-order valence-corrected chi connectivity index (χ1v) is 16.1. The molecule has 0 amide bonds. The Morgan fingerprint density at radius 1 is 0.479 bits per heavy atom. The quantitative estimate of drug-likeness (QED) is 0.104. The third-order valence-corrected chi connectivity index (χ3v) is 11.3. The summed E-state index contributed by atoms with van der Waals surface area (Å²) in [6.45, 7) is 0. The molecule has 2 aliphatic carbocycles. The van der Waals surface area contributed by atoms with Gasteiger partial charge in [-0.3, -0.25) is 19.2 Å². The number of hydrogen-bond donors (Lipinski definition) is 0. The van der Waals surface area contributed by atoms with E-state index in [1.54, 1.807) is 0 Å². The number of fused-ring (bicyclic) bond motifs is 7. The van der Waals surface area contributed by atoms with Gasteiger partial charge >= 0.3 is 0 Å². The van der Waals surface area contributed by atoms with Crippen LogP contribution in [0.15, 0.2) is 71.8 Å². The van der Waals surface area contributed by atoms with Gasteiger partial charge in [-0.2, -0.15) is 0 Å². The van der Waals surface area contributed by atoms with Crippen molar-refractivity contribution >= 4 is 99.9 Å². The summed E-state index contributed by atoms with van der Waals surface area (Å²) in [6, 6.07) is 13.3. The minimum Gasteiger partial charge on any atom is -0.342 e. The van der Waals surface area contributed by atoms with Crippen LogP contribution in [-0.2, 0) is 7.05 Å². The summed E-state index contributed by atoms with van der Waals surface area (Å²) in [5.41, 5.74) is 2.15. The lowest BCUT2D eigenvalue weighted by Crippen LogP contribution is -1.99. The summed E-state index contributed by atoms with van der Waals surface area (Å²) in [5, 5.41) is 1.25. The molecule has 0 spiro atoms. The fourth-order valence-electron chi connectivity index (χ4n) is 6.57. The first-order chi connectivity index (χ1) is 23.0. The molecule has 0 bridgehead atoms. The first-order valence-electron chi connectivity index (χ1n) is 14.5. The van der Waals surface area contributed by atoms with Crippen LogP contribution in [0.3, 0.4) is 0 Å². The molecule has 5 nitrogen and oxygen atoms in total. The van der Waals surface area contributed by atoms with Crippen LogP contribution in [0, 0.1) is 23.3 Å². The van der Waals surface area contributed by atoms with E-state index in [4.69, 9.17) is 0 Å². The molecular formula is C37H15F4NO4S2. The molecule has 3 heterocycles. The van der Waals surface area contributed by atoms with Crippen molar-refractivity contribution in [2.75, 3.05) is 0 Å². The van der Waals surface area contributed by atoms with Gasteiger partial charge in [-0.1, -0.05) is 0 Å². The van der Waals surface area contributed by atoms with Gasteiger partial charge in [-0.15, -0.1) is 22.7 Å². The number of Topliss-reactive ketones (excluding diaryl/α,β-unsaturated/α-hetero) is 4. The summed E-state index contributed by atoms with van der Waals surface area (Å²) in [6.07, 6.45) is 3.05. The number of ketones is 4. The number of allylic oxidation sites excluding steroid dienone is 2. The average Bonchev–Trinajstić information content (AvgIpc) is 3.82. The smallest absolute Gasteiger partial charge is 0.197 e. The molecule has 0 N–H and O–H groups in total. The number of nitrogens with zero attached hydrogens (tertiary/aromatic N) is 1. The number of aryl methyl sites for hydroxylation is 1. The lowest BCUT2D eigenvalue weighted by Gasteiger charge is -2.02. The third kappa shape index (κ3) is 3.94. The van der Waals surface area contributed by atoms with E-state index in [1.807, 2.05) is 23.7 Å². The Bertz CT molecular complexity index is 2500.